The summed E-state index contributed by atoms with van der Waals surface area (Å²) in [5, 5.41) is 32.7. The smallest absolute Gasteiger partial charge is 0.307 e. The molecule has 0 aliphatic carbocycles. The van der Waals surface area contributed by atoms with Crippen LogP contribution in [0.15, 0.2) is 36.4 Å². The second-order valence-electron chi connectivity index (χ2n) is 6.53. The lowest BCUT2D eigenvalue weighted by atomic mass is 10.1. The number of aliphatic carboxylic acids is 1. The summed E-state index contributed by atoms with van der Waals surface area (Å²) in [6, 6.07) is 8.34. The summed E-state index contributed by atoms with van der Waals surface area (Å²) in [5.74, 6) is -1.92. The van der Waals surface area contributed by atoms with Crippen LogP contribution in [0.1, 0.15) is 28.8 Å². The van der Waals surface area contributed by atoms with Gasteiger partial charge in [-0.05, 0) is 42.7 Å². The number of nitro benzene ring substituents is 1. The Kier molecular flexibility index (Phi) is 5.44. The predicted molar refractivity (Wildman–Crippen MR) is 102 cm³/mol. The van der Waals surface area contributed by atoms with Gasteiger partial charge in [0.1, 0.15) is 11.4 Å². The average Bonchev–Trinajstić information content (AvgIpc) is 3.18. The lowest BCUT2D eigenvalue weighted by Gasteiger charge is -2.18. The van der Waals surface area contributed by atoms with Gasteiger partial charge in [-0.1, -0.05) is 6.07 Å². The van der Waals surface area contributed by atoms with Gasteiger partial charge in [0.15, 0.2) is 0 Å². The van der Waals surface area contributed by atoms with E-state index in [4.69, 9.17) is 5.11 Å². The Morgan fingerprint density at radius 3 is 2.50 bits per heavy atom. The van der Waals surface area contributed by atoms with E-state index in [1.165, 1.54) is 30.3 Å². The SMILES string of the molecule is O=C(O)Cc1ccc(O)c(NC(=O)c2ccc(N3CCCC3)c([N+](=O)[O-])c2)c1. The van der Waals surface area contributed by atoms with Crippen LogP contribution in [0.25, 0.3) is 0 Å². The van der Waals surface area contributed by atoms with Crippen LogP contribution in [0.3, 0.4) is 0 Å². The number of nitro groups is 1. The first-order valence-corrected chi connectivity index (χ1v) is 8.73. The number of phenolic OH excluding ortho intramolecular Hbond substituents is 1. The average molecular weight is 385 g/mol. The van der Waals surface area contributed by atoms with Gasteiger partial charge in [-0.3, -0.25) is 19.7 Å². The van der Waals surface area contributed by atoms with Gasteiger partial charge < -0.3 is 20.4 Å². The summed E-state index contributed by atoms with van der Waals surface area (Å²) in [6.07, 6.45) is 1.66. The summed E-state index contributed by atoms with van der Waals surface area (Å²) >= 11 is 0. The van der Waals surface area contributed by atoms with Gasteiger partial charge in [-0.2, -0.15) is 0 Å². The molecule has 0 aromatic heterocycles. The van der Waals surface area contributed by atoms with Gasteiger partial charge in [0, 0.05) is 24.7 Å². The number of benzene rings is 2. The van der Waals surface area contributed by atoms with E-state index in [-0.39, 0.29) is 29.1 Å². The van der Waals surface area contributed by atoms with Crippen molar-refractivity contribution in [3.05, 3.63) is 57.6 Å². The number of hydrogen-bond donors (Lipinski definition) is 3. The molecule has 0 radical (unpaired) electrons. The Morgan fingerprint density at radius 2 is 1.86 bits per heavy atom. The molecular weight excluding hydrogens is 366 g/mol. The van der Waals surface area contributed by atoms with Gasteiger partial charge in [-0.25, -0.2) is 0 Å². The number of nitrogens with zero attached hydrogens (tertiary/aromatic N) is 2. The maximum Gasteiger partial charge on any atom is 0.307 e. The third-order valence-corrected chi connectivity index (χ3v) is 4.55. The summed E-state index contributed by atoms with van der Waals surface area (Å²) in [4.78, 5) is 36.2. The van der Waals surface area contributed by atoms with E-state index in [1.807, 2.05) is 4.90 Å². The zero-order valence-corrected chi connectivity index (χ0v) is 14.9. The monoisotopic (exact) mass is 385 g/mol. The van der Waals surface area contributed by atoms with Gasteiger partial charge in [0.25, 0.3) is 11.6 Å². The van der Waals surface area contributed by atoms with Crippen molar-refractivity contribution in [2.75, 3.05) is 23.3 Å². The Morgan fingerprint density at radius 1 is 1.14 bits per heavy atom. The first-order valence-electron chi connectivity index (χ1n) is 8.73. The van der Waals surface area contributed by atoms with Crippen LogP contribution in [-0.2, 0) is 11.2 Å². The molecule has 1 heterocycles. The van der Waals surface area contributed by atoms with Crippen molar-refractivity contribution in [2.24, 2.45) is 0 Å². The number of carbonyl (C=O) groups excluding carboxylic acids is 1. The Balaban J connectivity index is 1.85. The summed E-state index contributed by atoms with van der Waals surface area (Å²) in [5.41, 5.74) is 0.826. The molecule has 28 heavy (non-hydrogen) atoms. The van der Waals surface area contributed by atoms with E-state index in [9.17, 15) is 24.8 Å². The van der Waals surface area contributed by atoms with Crippen LogP contribution >= 0.6 is 0 Å². The third-order valence-electron chi connectivity index (χ3n) is 4.55. The molecule has 0 spiro atoms. The lowest BCUT2D eigenvalue weighted by Crippen LogP contribution is -2.20. The normalized spacial score (nSPS) is 13.4. The van der Waals surface area contributed by atoms with Crippen molar-refractivity contribution < 1.29 is 24.7 Å². The number of carboxylic acids is 1. The topological polar surface area (TPSA) is 133 Å². The van der Waals surface area contributed by atoms with Crippen LogP contribution in [0.2, 0.25) is 0 Å². The third kappa shape index (κ3) is 4.20. The molecule has 0 atom stereocenters. The highest BCUT2D eigenvalue weighted by Gasteiger charge is 2.24. The summed E-state index contributed by atoms with van der Waals surface area (Å²) in [6.45, 7) is 1.47. The minimum atomic E-state index is -1.05. The zero-order valence-electron chi connectivity index (χ0n) is 14.9. The number of hydrogen-bond acceptors (Lipinski definition) is 6. The number of carboxylic acid groups (broad SMARTS) is 1. The Bertz CT molecular complexity index is 937. The number of nitrogens with one attached hydrogen (secondary N) is 1. The fourth-order valence-electron chi connectivity index (χ4n) is 3.20. The maximum atomic E-state index is 12.5. The van der Waals surface area contributed by atoms with Crippen LogP contribution in [0, 0.1) is 10.1 Å². The second kappa shape index (κ2) is 7.95. The molecule has 1 amide bonds. The highest BCUT2D eigenvalue weighted by Crippen LogP contribution is 2.32. The molecule has 2 aromatic rings. The van der Waals surface area contributed by atoms with Crippen LogP contribution in [0.5, 0.6) is 5.75 Å². The fourth-order valence-corrected chi connectivity index (χ4v) is 3.20. The van der Waals surface area contributed by atoms with Crippen LogP contribution < -0.4 is 10.2 Å². The van der Waals surface area contributed by atoms with Gasteiger partial charge >= 0.3 is 5.97 Å². The minimum absolute atomic E-state index is 0.0371. The number of carbonyl (C=O) groups is 2. The van der Waals surface area contributed by atoms with Crippen molar-refractivity contribution >= 4 is 28.9 Å². The number of rotatable bonds is 6. The Hall–Kier alpha value is -3.62. The molecule has 1 aliphatic heterocycles. The lowest BCUT2D eigenvalue weighted by molar-refractivity contribution is -0.384. The largest absolute Gasteiger partial charge is 0.506 e. The molecule has 2 aromatic carbocycles. The molecular formula is C19H19N3O6. The van der Waals surface area contributed by atoms with E-state index in [1.54, 1.807) is 6.07 Å². The number of aromatic hydroxyl groups is 1. The molecule has 0 saturated carbocycles. The molecule has 1 aliphatic rings. The van der Waals surface area contributed by atoms with Gasteiger partial charge in [0.2, 0.25) is 0 Å². The second-order valence-corrected chi connectivity index (χ2v) is 6.53. The first-order chi connectivity index (χ1) is 13.3. The van der Waals surface area contributed by atoms with Gasteiger partial charge in [0.05, 0.1) is 17.0 Å². The first kappa shape index (κ1) is 19.2. The van der Waals surface area contributed by atoms with Crippen molar-refractivity contribution in [1.29, 1.82) is 0 Å². The summed E-state index contributed by atoms with van der Waals surface area (Å²) < 4.78 is 0. The highest BCUT2D eigenvalue weighted by atomic mass is 16.6. The molecule has 0 unspecified atom stereocenters. The molecule has 0 bridgehead atoms. The molecule has 3 N–H and O–H groups in total. The molecule has 3 rings (SSSR count). The highest BCUT2D eigenvalue weighted by molar-refractivity contribution is 6.06. The van der Waals surface area contributed by atoms with E-state index < -0.39 is 16.8 Å². The predicted octanol–water partition coefficient (Wildman–Crippen LogP) is 2.78. The van der Waals surface area contributed by atoms with E-state index in [0.717, 1.165) is 25.9 Å². The zero-order chi connectivity index (χ0) is 20.3. The molecule has 146 valence electrons. The number of anilines is 2. The van der Waals surface area contributed by atoms with E-state index >= 15 is 0 Å². The van der Waals surface area contributed by atoms with Crippen LogP contribution in [0.4, 0.5) is 17.1 Å². The fraction of sp³-hybridized carbons (Fsp3) is 0.263. The molecule has 9 nitrogen and oxygen atoms in total. The maximum absolute atomic E-state index is 12.5. The van der Waals surface area contributed by atoms with E-state index in [0.29, 0.717) is 11.3 Å². The number of phenols is 1. The minimum Gasteiger partial charge on any atom is -0.506 e. The van der Waals surface area contributed by atoms with Crippen molar-refractivity contribution in [1.82, 2.24) is 0 Å². The molecule has 1 saturated heterocycles. The number of amides is 1. The summed E-state index contributed by atoms with van der Waals surface area (Å²) in [7, 11) is 0. The quantitative estimate of drug-likeness (QED) is 0.395. The standard InChI is InChI=1S/C19H19N3O6/c23-17-6-3-12(10-18(24)25)9-14(17)20-19(26)13-4-5-15(16(11-13)22(27)28)21-7-1-2-8-21/h3-6,9,11,23H,1-2,7-8,10H2,(H,20,26)(H,24,25). The Labute approximate surface area is 160 Å². The van der Waals surface area contributed by atoms with Gasteiger partial charge in [-0.15, -0.1) is 0 Å². The van der Waals surface area contributed by atoms with Crippen molar-refractivity contribution in [3.8, 4) is 5.75 Å². The molecule has 1 fully saturated rings. The van der Waals surface area contributed by atoms with Crippen LogP contribution in [-0.4, -0.2) is 40.1 Å². The van der Waals surface area contributed by atoms with Crippen molar-refractivity contribution in [2.45, 2.75) is 19.3 Å². The van der Waals surface area contributed by atoms with Crippen molar-refractivity contribution in [3.63, 3.8) is 0 Å². The van der Waals surface area contributed by atoms with E-state index in [2.05, 4.69) is 5.32 Å². The molecule has 9 heteroatoms.